The first-order chi connectivity index (χ1) is 31.1. The summed E-state index contributed by atoms with van der Waals surface area (Å²) < 4.78 is 12.7. The average molecular weight is 1010 g/mol. The Morgan fingerprint density at radius 1 is 0.609 bits per heavy atom. The molecule has 0 bridgehead atoms. The molecular weight excluding hydrogens is 964 g/mol. The van der Waals surface area contributed by atoms with E-state index in [0.29, 0.717) is 11.5 Å². The van der Waals surface area contributed by atoms with Crippen molar-refractivity contribution in [1.29, 1.82) is 0 Å². The average Bonchev–Trinajstić information content (AvgIpc) is 3.62. The number of anilines is 2. The fourth-order valence-electron chi connectivity index (χ4n) is 9.35. The van der Waals surface area contributed by atoms with Crippen LogP contribution in [0.2, 0.25) is 0 Å². The fraction of sp³-hybridized carbons (Fsp3) is 0.172. The van der Waals surface area contributed by atoms with E-state index in [2.05, 4.69) is 233 Å². The monoisotopic (exact) mass is 1010 g/mol. The van der Waals surface area contributed by atoms with Crippen LogP contribution in [-0.2, 0) is 31.2 Å². The van der Waals surface area contributed by atoms with Crippen molar-refractivity contribution >= 4 is 22.5 Å². The van der Waals surface area contributed by atoms with Gasteiger partial charge in [-0.15, -0.1) is 0 Å². The molecular formula is C58H50N4OPt-2. The number of nitrogens with zero attached hydrogens (tertiary/aromatic N) is 4. The zero-order valence-electron chi connectivity index (χ0n) is 37.1. The molecule has 320 valence electrons. The van der Waals surface area contributed by atoms with Gasteiger partial charge >= 0.3 is 340 Å². The van der Waals surface area contributed by atoms with E-state index in [9.17, 15) is 0 Å². The molecule has 3 heterocycles. The van der Waals surface area contributed by atoms with Gasteiger partial charge in [-0.05, 0) is 17.0 Å². The quantitative estimate of drug-likeness (QED) is 0.142. The van der Waals surface area contributed by atoms with Crippen molar-refractivity contribution in [1.82, 2.24) is 14.1 Å². The number of benzene rings is 7. The van der Waals surface area contributed by atoms with Gasteiger partial charge < -0.3 is 0 Å². The SMILES string of the molecule is Cc1c(C)c(-c2ccccc2)c(-n2[c](=[Pt])n(-c3[c-]c(Oc4[c-]c5c(c(-c6ccccc6)c4)CCCN5c4cc(C(C)(C)C)ccn4)ccc3)c3ccccc32)c(-c2ccccc2)c1C. The number of hydrogen-bond donors (Lipinski definition) is 0. The minimum atomic E-state index is -0.00437. The second-order valence-corrected chi connectivity index (χ2v) is 18.8. The number of ether oxygens (including phenoxy) is 1. The van der Waals surface area contributed by atoms with Crippen LogP contribution in [0.5, 0.6) is 11.5 Å². The molecule has 2 aromatic heterocycles. The van der Waals surface area contributed by atoms with Crippen LogP contribution in [0.25, 0.3) is 55.8 Å². The molecule has 0 spiro atoms. The number of fused-ring (bicyclic) bond motifs is 2. The molecule has 0 N–H and O–H groups in total. The van der Waals surface area contributed by atoms with Crippen molar-refractivity contribution in [3.8, 4) is 56.3 Å². The Kier molecular flexibility index (Phi) is 10.9. The molecule has 9 aromatic rings. The predicted octanol–water partition coefficient (Wildman–Crippen LogP) is 14.6. The van der Waals surface area contributed by atoms with Crippen LogP contribution >= 0.6 is 0 Å². The molecule has 0 radical (unpaired) electrons. The van der Waals surface area contributed by atoms with E-state index in [1.54, 1.807) is 0 Å². The molecule has 0 unspecified atom stereocenters. The first-order valence-corrected chi connectivity index (χ1v) is 23.2. The summed E-state index contributed by atoms with van der Waals surface area (Å²) in [7, 11) is 0. The van der Waals surface area contributed by atoms with Gasteiger partial charge in [-0.2, -0.15) is 0 Å². The van der Waals surface area contributed by atoms with Crippen LogP contribution in [-0.4, -0.2) is 20.7 Å². The van der Waals surface area contributed by atoms with Gasteiger partial charge in [0.05, 0.1) is 0 Å². The molecule has 0 atom stereocenters. The summed E-state index contributed by atoms with van der Waals surface area (Å²) in [5.41, 5.74) is 18.7. The maximum atomic E-state index is 6.89. The summed E-state index contributed by atoms with van der Waals surface area (Å²) >= 11 is 2.51. The van der Waals surface area contributed by atoms with Crippen LogP contribution in [0.1, 0.15) is 55.0 Å². The molecule has 64 heavy (non-hydrogen) atoms. The van der Waals surface area contributed by atoms with E-state index in [1.165, 1.54) is 50.1 Å². The molecule has 5 nitrogen and oxygen atoms in total. The van der Waals surface area contributed by atoms with Gasteiger partial charge in [0.25, 0.3) is 0 Å². The third kappa shape index (κ3) is 7.46. The topological polar surface area (TPSA) is 35.2 Å². The van der Waals surface area contributed by atoms with E-state index in [-0.39, 0.29) is 5.41 Å². The van der Waals surface area contributed by atoms with Crippen molar-refractivity contribution < 1.29 is 24.1 Å². The van der Waals surface area contributed by atoms with Gasteiger partial charge in [-0.1, -0.05) is 26.8 Å². The Balaban J connectivity index is 1.14. The van der Waals surface area contributed by atoms with E-state index in [0.717, 1.165) is 68.2 Å². The Morgan fingerprint density at radius 2 is 1.20 bits per heavy atom. The summed E-state index contributed by atoms with van der Waals surface area (Å²) in [6.07, 6.45) is 3.90. The summed E-state index contributed by atoms with van der Waals surface area (Å²) in [6.45, 7) is 14.4. The minimum absolute atomic E-state index is 0.00437. The molecule has 0 saturated carbocycles. The normalized spacial score (nSPS) is 12.7. The summed E-state index contributed by atoms with van der Waals surface area (Å²) in [5, 5.41) is 0. The Hall–Kier alpha value is -6.55. The van der Waals surface area contributed by atoms with Crippen LogP contribution < -0.4 is 9.64 Å². The van der Waals surface area contributed by atoms with Crippen LogP contribution in [0.4, 0.5) is 11.5 Å². The Labute approximate surface area is 387 Å². The van der Waals surface area contributed by atoms with Gasteiger partial charge in [0.2, 0.25) is 0 Å². The number of rotatable bonds is 8. The van der Waals surface area contributed by atoms with Crippen molar-refractivity contribution in [3.05, 3.63) is 202 Å². The van der Waals surface area contributed by atoms with Crippen LogP contribution in [0, 0.1) is 36.7 Å². The molecule has 0 fully saturated rings. The zero-order valence-corrected chi connectivity index (χ0v) is 39.4. The van der Waals surface area contributed by atoms with E-state index < -0.39 is 0 Å². The predicted molar refractivity (Wildman–Crippen MR) is 259 cm³/mol. The van der Waals surface area contributed by atoms with Crippen LogP contribution in [0.15, 0.2) is 158 Å². The fourth-order valence-corrected chi connectivity index (χ4v) is 10.4. The first-order valence-electron chi connectivity index (χ1n) is 22.1. The number of para-hydroxylation sites is 2. The van der Waals surface area contributed by atoms with Crippen molar-refractivity contribution in [2.24, 2.45) is 0 Å². The van der Waals surface area contributed by atoms with Gasteiger partial charge in [-0.3, -0.25) is 0 Å². The Morgan fingerprint density at radius 3 is 1.83 bits per heavy atom. The number of pyridine rings is 1. The number of imidazole rings is 1. The second kappa shape index (κ2) is 16.9. The Bertz CT molecular complexity index is 3190. The molecule has 0 amide bonds. The second-order valence-electron chi connectivity index (χ2n) is 17.8. The number of hydrogen-bond acceptors (Lipinski definition) is 3. The summed E-state index contributed by atoms with van der Waals surface area (Å²) in [4.78, 5) is 7.23. The molecule has 1 aliphatic rings. The first kappa shape index (κ1) is 41.5. The van der Waals surface area contributed by atoms with Crippen molar-refractivity contribution in [3.63, 3.8) is 0 Å². The van der Waals surface area contributed by atoms with Gasteiger partial charge in [-0.25, -0.2) is 0 Å². The van der Waals surface area contributed by atoms with Gasteiger partial charge in [0, 0.05) is 6.20 Å². The van der Waals surface area contributed by atoms with Gasteiger partial charge in [0.15, 0.2) is 0 Å². The molecule has 6 heteroatoms. The van der Waals surface area contributed by atoms with Gasteiger partial charge in [0.1, 0.15) is 0 Å². The van der Waals surface area contributed by atoms with E-state index >= 15 is 0 Å². The third-order valence-electron chi connectivity index (χ3n) is 12.8. The maximum absolute atomic E-state index is 6.89. The summed E-state index contributed by atoms with van der Waals surface area (Å²) in [5.74, 6) is 2.18. The molecule has 1 aliphatic heterocycles. The molecule has 0 aliphatic carbocycles. The number of aromatic nitrogens is 3. The van der Waals surface area contributed by atoms with E-state index in [1.807, 2.05) is 12.3 Å². The third-order valence-corrected chi connectivity index (χ3v) is 13.8. The van der Waals surface area contributed by atoms with Crippen molar-refractivity contribution in [2.45, 2.75) is 59.8 Å². The van der Waals surface area contributed by atoms with E-state index in [4.69, 9.17) is 9.72 Å². The molecule has 0 saturated heterocycles. The summed E-state index contributed by atoms with van der Waals surface area (Å²) in [6, 6.07) is 61.1. The van der Waals surface area contributed by atoms with Crippen molar-refractivity contribution in [2.75, 3.05) is 11.4 Å². The molecule has 10 rings (SSSR count). The standard InChI is InChI=1S/C58H50N4O.Pt/c1-39-40(2)55(43-22-12-8-13-23-43)57(56(41(39)3)44-24-14-9-15-25-44)62-38-61(51-29-16-17-30-52(51)62)46-26-18-27-47(35-46)63-48-36-50(42-20-10-7-11-21-42)49-28-19-33-60(53(49)37-48)54-34-45(31-32-59-54)58(4,5)6;/h7-18,20-27,29-32,34,36H,19,28,33H2,1-6H3;/q-2;. The molecule has 7 aromatic carbocycles. The van der Waals surface area contributed by atoms with Crippen LogP contribution in [0.3, 0.4) is 0 Å². The zero-order chi connectivity index (χ0) is 44.1.